The van der Waals surface area contributed by atoms with Gasteiger partial charge in [0.2, 0.25) is 10.0 Å². The van der Waals surface area contributed by atoms with Crippen molar-refractivity contribution >= 4 is 10.0 Å². The lowest BCUT2D eigenvalue weighted by Crippen LogP contribution is -2.38. The van der Waals surface area contributed by atoms with E-state index in [9.17, 15) is 17.2 Å². The summed E-state index contributed by atoms with van der Waals surface area (Å²) in [5, 5.41) is 3.13. The van der Waals surface area contributed by atoms with Crippen molar-refractivity contribution in [2.45, 2.75) is 19.3 Å². The zero-order valence-corrected chi connectivity index (χ0v) is 10.1. The number of halogens is 2. The second-order valence-corrected chi connectivity index (χ2v) is 6.26. The fourth-order valence-corrected chi connectivity index (χ4v) is 3.30. The third-order valence-corrected chi connectivity index (χ3v) is 4.77. The van der Waals surface area contributed by atoms with Gasteiger partial charge in [0.15, 0.2) is 0 Å². The van der Waals surface area contributed by atoms with E-state index in [-0.39, 0.29) is 11.7 Å². The Morgan fingerprint density at radius 2 is 1.94 bits per heavy atom. The second-order valence-electron chi connectivity index (χ2n) is 4.14. The summed E-state index contributed by atoms with van der Waals surface area (Å²) >= 11 is 0. The lowest BCUT2D eigenvalue weighted by atomic mass is 10.0. The van der Waals surface area contributed by atoms with Crippen molar-refractivity contribution in [1.82, 2.24) is 9.62 Å². The van der Waals surface area contributed by atoms with Crippen molar-refractivity contribution < 1.29 is 17.2 Å². The van der Waals surface area contributed by atoms with Gasteiger partial charge in [0.05, 0.1) is 12.3 Å². The average molecular weight is 256 g/mol. The molecule has 1 aliphatic heterocycles. The van der Waals surface area contributed by atoms with Crippen LogP contribution in [0.1, 0.15) is 12.8 Å². The summed E-state index contributed by atoms with van der Waals surface area (Å²) in [7, 11) is -2.32. The molecule has 1 heterocycles. The van der Waals surface area contributed by atoms with Crippen LogP contribution in [0, 0.1) is 5.92 Å². The van der Waals surface area contributed by atoms with Gasteiger partial charge in [-0.1, -0.05) is 0 Å². The molecule has 0 saturated carbocycles. The molecule has 1 saturated heterocycles. The highest BCUT2D eigenvalue weighted by atomic mass is 32.2. The number of hydrogen-bond acceptors (Lipinski definition) is 3. The average Bonchev–Trinajstić information content (AvgIpc) is 2.17. The van der Waals surface area contributed by atoms with Crippen molar-refractivity contribution in [3.05, 3.63) is 0 Å². The predicted octanol–water partition coefficient (Wildman–Crippen LogP) is 0.513. The van der Waals surface area contributed by atoms with Crippen LogP contribution >= 0.6 is 0 Å². The molecule has 0 spiro atoms. The van der Waals surface area contributed by atoms with E-state index in [0.717, 1.165) is 30.2 Å². The van der Waals surface area contributed by atoms with E-state index < -0.39 is 23.0 Å². The topological polar surface area (TPSA) is 49.4 Å². The number of nitrogens with zero attached hydrogens (tertiary/aromatic N) is 1. The SMILES string of the molecule is CN(CC(F)F)S(=O)(=O)CC1CCNCC1. The third-order valence-electron chi connectivity index (χ3n) is 2.78. The van der Waals surface area contributed by atoms with Gasteiger partial charge >= 0.3 is 0 Å². The van der Waals surface area contributed by atoms with Gasteiger partial charge in [-0.15, -0.1) is 0 Å². The van der Waals surface area contributed by atoms with Crippen LogP contribution in [0.4, 0.5) is 8.78 Å². The van der Waals surface area contributed by atoms with E-state index in [2.05, 4.69) is 5.32 Å². The predicted molar refractivity (Wildman–Crippen MR) is 58.0 cm³/mol. The molecule has 0 aromatic heterocycles. The zero-order valence-electron chi connectivity index (χ0n) is 9.33. The molecule has 7 heteroatoms. The molecule has 16 heavy (non-hydrogen) atoms. The molecular formula is C9H18F2N2O2S. The van der Waals surface area contributed by atoms with E-state index in [0.29, 0.717) is 0 Å². The minimum atomic E-state index is -3.53. The van der Waals surface area contributed by atoms with Crippen molar-refractivity contribution in [3.8, 4) is 0 Å². The third kappa shape index (κ3) is 4.31. The van der Waals surface area contributed by atoms with E-state index in [1.807, 2.05) is 0 Å². The summed E-state index contributed by atoms with van der Waals surface area (Å²) < 4.78 is 48.3. The van der Waals surface area contributed by atoms with Crippen LogP contribution in [0.15, 0.2) is 0 Å². The molecule has 96 valence electrons. The Morgan fingerprint density at radius 1 is 1.38 bits per heavy atom. The monoisotopic (exact) mass is 256 g/mol. The molecule has 0 atom stereocenters. The summed E-state index contributed by atoms with van der Waals surface area (Å²) in [6.45, 7) is 0.894. The number of piperidine rings is 1. The summed E-state index contributed by atoms with van der Waals surface area (Å²) in [5.74, 6) is 0.0733. The zero-order chi connectivity index (χ0) is 12.2. The Balaban J connectivity index is 2.49. The van der Waals surface area contributed by atoms with Crippen LogP contribution in [0.3, 0.4) is 0 Å². The van der Waals surface area contributed by atoms with Gasteiger partial charge in [-0.25, -0.2) is 17.2 Å². The first kappa shape index (κ1) is 13.8. The van der Waals surface area contributed by atoms with Gasteiger partial charge in [0.25, 0.3) is 6.43 Å². The van der Waals surface area contributed by atoms with Crippen LogP contribution in [-0.2, 0) is 10.0 Å². The first-order valence-corrected chi connectivity index (χ1v) is 6.95. The number of sulfonamides is 1. The summed E-state index contributed by atoms with van der Waals surface area (Å²) in [6.07, 6.45) is -1.03. The maximum atomic E-state index is 12.1. The van der Waals surface area contributed by atoms with Gasteiger partial charge < -0.3 is 5.32 Å². The van der Waals surface area contributed by atoms with Gasteiger partial charge in [0.1, 0.15) is 0 Å². The van der Waals surface area contributed by atoms with Crippen LogP contribution in [0.2, 0.25) is 0 Å². The molecule has 4 nitrogen and oxygen atoms in total. The highest BCUT2D eigenvalue weighted by molar-refractivity contribution is 7.89. The van der Waals surface area contributed by atoms with Crippen LogP contribution in [-0.4, -0.2) is 51.6 Å². The first-order chi connectivity index (χ1) is 7.42. The van der Waals surface area contributed by atoms with Crippen molar-refractivity contribution in [3.63, 3.8) is 0 Å². The Bertz CT molecular complexity index is 303. The van der Waals surface area contributed by atoms with Crippen molar-refractivity contribution in [1.29, 1.82) is 0 Å². The number of hydrogen-bond donors (Lipinski definition) is 1. The molecular weight excluding hydrogens is 238 g/mol. The molecule has 0 bridgehead atoms. The lowest BCUT2D eigenvalue weighted by molar-refractivity contribution is 0.126. The van der Waals surface area contributed by atoms with Crippen molar-refractivity contribution in [2.24, 2.45) is 5.92 Å². The van der Waals surface area contributed by atoms with Crippen LogP contribution < -0.4 is 5.32 Å². The first-order valence-electron chi connectivity index (χ1n) is 5.34. The minimum absolute atomic E-state index is 0.0160. The number of rotatable bonds is 5. The van der Waals surface area contributed by atoms with E-state index >= 15 is 0 Å². The molecule has 1 fully saturated rings. The molecule has 1 rings (SSSR count). The molecule has 1 aliphatic rings. The maximum absolute atomic E-state index is 12.1. The van der Waals surface area contributed by atoms with E-state index in [4.69, 9.17) is 0 Å². The van der Waals surface area contributed by atoms with Crippen molar-refractivity contribution in [2.75, 3.05) is 32.4 Å². The smallest absolute Gasteiger partial charge is 0.252 e. The molecule has 1 N–H and O–H groups in total. The number of nitrogens with one attached hydrogen (secondary N) is 1. The molecule has 0 amide bonds. The Morgan fingerprint density at radius 3 is 2.44 bits per heavy atom. The molecule has 0 aromatic rings. The van der Waals surface area contributed by atoms with Gasteiger partial charge in [-0.05, 0) is 31.8 Å². The van der Waals surface area contributed by atoms with Gasteiger partial charge in [-0.2, -0.15) is 4.31 Å². The van der Waals surface area contributed by atoms with Gasteiger partial charge in [0, 0.05) is 7.05 Å². The molecule has 0 aliphatic carbocycles. The van der Waals surface area contributed by atoms with Crippen LogP contribution in [0.25, 0.3) is 0 Å². The molecule has 0 aromatic carbocycles. The quantitative estimate of drug-likeness (QED) is 0.780. The lowest BCUT2D eigenvalue weighted by Gasteiger charge is -2.25. The molecule has 0 radical (unpaired) electrons. The highest BCUT2D eigenvalue weighted by Gasteiger charge is 2.26. The maximum Gasteiger partial charge on any atom is 0.252 e. The number of alkyl halides is 2. The van der Waals surface area contributed by atoms with Gasteiger partial charge in [-0.3, -0.25) is 0 Å². The normalized spacial score (nSPS) is 19.6. The van der Waals surface area contributed by atoms with E-state index in [1.54, 1.807) is 0 Å². The fraction of sp³-hybridized carbons (Fsp3) is 1.00. The summed E-state index contributed by atoms with van der Waals surface area (Å²) in [6, 6.07) is 0. The van der Waals surface area contributed by atoms with Crippen LogP contribution in [0.5, 0.6) is 0 Å². The second kappa shape index (κ2) is 5.88. The standard InChI is InChI=1S/C9H18F2N2O2S/c1-13(6-9(10)11)16(14,15)7-8-2-4-12-5-3-8/h8-9,12H,2-7H2,1H3. The summed E-state index contributed by atoms with van der Waals surface area (Å²) in [4.78, 5) is 0. The largest absolute Gasteiger partial charge is 0.317 e. The van der Waals surface area contributed by atoms with E-state index in [1.165, 1.54) is 7.05 Å². The Labute approximate surface area is 95.1 Å². The summed E-state index contributed by atoms with van der Waals surface area (Å²) in [5.41, 5.74) is 0. The Kier molecular flexibility index (Phi) is 5.07. The Hall–Kier alpha value is -0.270. The minimum Gasteiger partial charge on any atom is -0.317 e. The molecule has 0 unspecified atom stereocenters. The highest BCUT2D eigenvalue weighted by Crippen LogP contribution is 2.16. The fourth-order valence-electron chi connectivity index (χ4n) is 1.78.